The molecule has 0 amide bonds. The van der Waals surface area contributed by atoms with Crippen LogP contribution in [0.25, 0.3) is 0 Å². The molecule has 24 heavy (non-hydrogen) atoms. The highest BCUT2D eigenvalue weighted by molar-refractivity contribution is 7.89. The molecular formula is C18H21NO4S. The van der Waals surface area contributed by atoms with Gasteiger partial charge >= 0.3 is 0 Å². The van der Waals surface area contributed by atoms with Crippen molar-refractivity contribution >= 4 is 10.0 Å². The zero-order chi connectivity index (χ0) is 17.0. The van der Waals surface area contributed by atoms with Gasteiger partial charge in [-0.15, -0.1) is 0 Å². The molecule has 0 unspecified atom stereocenters. The Kier molecular flexibility index (Phi) is 5.30. The Bertz CT molecular complexity index is 753. The molecule has 1 aliphatic rings. The highest BCUT2D eigenvalue weighted by atomic mass is 32.2. The molecule has 2 aromatic rings. The van der Waals surface area contributed by atoms with Crippen molar-refractivity contribution < 1.29 is 17.9 Å². The topological polar surface area (TPSA) is 64.6 Å². The summed E-state index contributed by atoms with van der Waals surface area (Å²) in [5.74, 6) is 0. The van der Waals surface area contributed by atoms with Gasteiger partial charge in [0.2, 0.25) is 10.0 Å². The zero-order valence-electron chi connectivity index (χ0n) is 13.5. The van der Waals surface area contributed by atoms with Crippen LogP contribution in [0.1, 0.15) is 11.1 Å². The minimum Gasteiger partial charge on any atom is -0.353 e. The fourth-order valence-electron chi connectivity index (χ4n) is 2.68. The molecule has 0 aliphatic carbocycles. The van der Waals surface area contributed by atoms with Gasteiger partial charge in [0.05, 0.1) is 17.5 Å². The number of aryl methyl sites for hydroxylation is 1. The number of sulfonamides is 1. The third kappa shape index (κ3) is 4.21. The molecule has 2 aromatic carbocycles. The van der Waals surface area contributed by atoms with Gasteiger partial charge in [-0.05, 0) is 31.0 Å². The molecule has 5 nitrogen and oxygen atoms in total. The Hall–Kier alpha value is -1.73. The summed E-state index contributed by atoms with van der Waals surface area (Å²) >= 11 is 0. The Labute approximate surface area is 142 Å². The lowest BCUT2D eigenvalue weighted by molar-refractivity contribution is 0.0379. The molecule has 0 bridgehead atoms. The average Bonchev–Trinajstić information content (AvgIpc) is 3.10. The molecule has 0 aromatic heterocycles. The predicted octanol–water partition coefficient (Wildman–Crippen LogP) is 2.26. The van der Waals surface area contributed by atoms with Crippen LogP contribution >= 0.6 is 0 Å². The van der Waals surface area contributed by atoms with E-state index in [-0.39, 0.29) is 23.8 Å². The van der Waals surface area contributed by atoms with Crippen LogP contribution in [-0.4, -0.2) is 34.0 Å². The molecular weight excluding hydrogens is 326 g/mol. The number of ether oxygens (including phenoxy) is 2. The van der Waals surface area contributed by atoms with Crippen molar-refractivity contribution in [3.8, 4) is 0 Å². The maximum absolute atomic E-state index is 12.7. The van der Waals surface area contributed by atoms with E-state index in [2.05, 4.69) is 4.72 Å². The third-order valence-electron chi connectivity index (χ3n) is 4.03. The van der Waals surface area contributed by atoms with Gasteiger partial charge in [-0.1, -0.05) is 48.0 Å². The predicted molar refractivity (Wildman–Crippen MR) is 91.1 cm³/mol. The van der Waals surface area contributed by atoms with Gasteiger partial charge in [0.15, 0.2) is 0 Å². The summed E-state index contributed by atoms with van der Waals surface area (Å²) in [5, 5.41) is 0. The van der Waals surface area contributed by atoms with Crippen LogP contribution in [0.3, 0.4) is 0 Å². The molecule has 0 saturated carbocycles. The fraction of sp³-hybridized carbons (Fsp3) is 0.333. The van der Waals surface area contributed by atoms with Crippen molar-refractivity contribution in [3.05, 3.63) is 65.7 Å². The Balaban J connectivity index is 1.81. The summed E-state index contributed by atoms with van der Waals surface area (Å²) in [7, 11) is -3.62. The number of hydrogen-bond acceptors (Lipinski definition) is 4. The molecule has 1 aliphatic heterocycles. The standard InChI is InChI=1S/C18H21NO4S/c1-14-7-9-16(10-8-14)24(20,21)19-17(18-12-22-13-23-18)11-15-5-3-2-4-6-15/h2-10,17-19H,11-13H2,1H3/t17-,18-/m1/s1. The normalized spacial score (nSPS) is 19.3. The molecule has 2 atom stereocenters. The maximum Gasteiger partial charge on any atom is 0.240 e. The van der Waals surface area contributed by atoms with Crippen molar-refractivity contribution in [2.75, 3.05) is 13.4 Å². The highest BCUT2D eigenvalue weighted by Crippen LogP contribution is 2.17. The molecule has 3 rings (SSSR count). The monoisotopic (exact) mass is 347 g/mol. The molecule has 128 valence electrons. The SMILES string of the molecule is Cc1ccc(S(=O)(=O)N[C@H](Cc2ccccc2)[C@H]2COCO2)cc1. The lowest BCUT2D eigenvalue weighted by Gasteiger charge is -2.23. The molecule has 1 saturated heterocycles. The zero-order valence-corrected chi connectivity index (χ0v) is 14.3. The summed E-state index contributed by atoms with van der Waals surface area (Å²) in [4.78, 5) is 0.255. The smallest absolute Gasteiger partial charge is 0.240 e. The largest absolute Gasteiger partial charge is 0.353 e. The minimum absolute atomic E-state index is 0.197. The van der Waals surface area contributed by atoms with Gasteiger partial charge < -0.3 is 9.47 Å². The fourth-order valence-corrected chi connectivity index (χ4v) is 3.95. The van der Waals surface area contributed by atoms with Gasteiger partial charge in [0.1, 0.15) is 12.9 Å². The first-order valence-electron chi connectivity index (χ1n) is 7.87. The van der Waals surface area contributed by atoms with Crippen LogP contribution in [0.4, 0.5) is 0 Å². The first-order valence-corrected chi connectivity index (χ1v) is 9.35. The van der Waals surface area contributed by atoms with Crippen LogP contribution in [0.2, 0.25) is 0 Å². The van der Waals surface area contributed by atoms with Crippen LogP contribution in [0.15, 0.2) is 59.5 Å². The second kappa shape index (κ2) is 7.44. The van der Waals surface area contributed by atoms with Crippen molar-refractivity contribution in [2.45, 2.75) is 30.4 Å². The van der Waals surface area contributed by atoms with E-state index in [1.807, 2.05) is 37.3 Å². The van der Waals surface area contributed by atoms with E-state index in [0.29, 0.717) is 13.0 Å². The Morgan fingerprint density at radius 1 is 1.12 bits per heavy atom. The molecule has 0 spiro atoms. The van der Waals surface area contributed by atoms with E-state index in [0.717, 1.165) is 11.1 Å². The third-order valence-corrected chi connectivity index (χ3v) is 5.54. The maximum atomic E-state index is 12.7. The van der Waals surface area contributed by atoms with Crippen LogP contribution in [-0.2, 0) is 25.9 Å². The summed E-state index contributed by atoms with van der Waals surface area (Å²) in [5.41, 5.74) is 2.06. The van der Waals surface area contributed by atoms with Crippen LogP contribution in [0, 0.1) is 6.92 Å². The molecule has 1 heterocycles. The quantitative estimate of drug-likeness (QED) is 0.870. The molecule has 0 radical (unpaired) electrons. The van der Waals surface area contributed by atoms with E-state index in [4.69, 9.17) is 9.47 Å². The second-order valence-corrected chi connectivity index (χ2v) is 7.64. The van der Waals surface area contributed by atoms with Crippen LogP contribution < -0.4 is 4.72 Å². The summed E-state index contributed by atoms with van der Waals surface area (Å²) in [6, 6.07) is 16.2. The number of rotatable bonds is 6. The van der Waals surface area contributed by atoms with Crippen molar-refractivity contribution in [1.29, 1.82) is 0 Å². The van der Waals surface area contributed by atoms with E-state index in [1.54, 1.807) is 24.3 Å². The molecule has 1 fully saturated rings. The van der Waals surface area contributed by atoms with Crippen LogP contribution in [0.5, 0.6) is 0 Å². The lowest BCUT2D eigenvalue weighted by atomic mass is 10.0. The summed E-state index contributed by atoms with van der Waals surface area (Å²) in [6.45, 7) is 2.50. The van der Waals surface area contributed by atoms with Gasteiger partial charge in [-0.3, -0.25) is 0 Å². The first kappa shape index (κ1) is 17.1. The number of nitrogens with one attached hydrogen (secondary N) is 1. The van der Waals surface area contributed by atoms with Gasteiger partial charge in [-0.25, -0.2) is 13.1 Å². The first-order chi connectivity index (χ1) is 11.5. The van der Waals surface area contributed by atoms with Gasteiger partial charge in [0.25, 0.3) is 0 Å². The van der Waals surface area contributed by atoms with Crippen molar-refractivity contribution in [2.24, 2.45) is 0 Å². The van der Waals surface area contributed by atoms with Crippen molar-refractivity contribution in [3.63, 3.8) is 0 Å². The molecule has 1 N–H and O–H groups in total. The van der Waals surface area contributed by atoms with Gasteiger partial charge in [0, 0.05) is 0 Å². The molecule has 6 heteroatoms. The number of hydrogen-bond donors (Lipinski definition) is 1. The highest BCUT2D eigenvalue weighted by Gasteiger charge is 2.31. The number of benzene rings is 2. The lowest BCUT2D eigenvalue weighted by Crippen LogP contribution is -2.45. The summed E-state index contributed by atoms with van der Waals surface area (Å²) < 4.78 is 39.0. The van der Waals surface area contributed by atoms with E-state index < -0.39 is 10.0 Å². The van der Waals surface area contributed by atoms with Crippen molar-refractivity contribution in [1.82, 2.24) is 4.72 Å². The average molecular weight is 347 g/mol. The van der Waals surface area contributed by atoms with E-state index in [1.165, 1.54) is 0 Å². The second-order valence-electron chi connectivity index (χ2n) is 5.92. The Morgan fingerprint density at radius 2 is 1.83 bits per heavy atom. The minimum atomic E-state index is -3.62. The van der Waals surface area contributed by atoms with E-state index in [9.17, 15) is 8.42 Å². The summed E-state index contributed by atoms with van der Waals surface area (Å²) in [6.07, 6.45) is 0.241. The van der Waals surface area contributed by atoms with Gasteiger partial charge in [-0.2, -0.15) is 0 Å². The Morgan fingerprint density at radius 3 is 2.46 bits per heavy atom. The van der Waals surface area contributed by atoms with E-state index >= 15 is 0 Å².